The third kappa shape index (κ3) is 6.60. The van der Waals surface area contributed by atoms with Gasteiger partial charge in [0.05, 0.1) is 6.42 Å². The van der Waals surface area contributed by atoms with Gasteiger partial charge in [0, 0.05) is 25.5 Å². The van der Waals surface area contributed by atoms with Gasteiger partial charge in [-0.05, 0) is 46.5 Å². The fourth-order valence-corrected chi connectivity index (χ4v) is 3.88. The summed E-state index contributed by atoms with van der Waals surface area (Å²) in [7, 11) is 0. The lowest BCUT2D eigenvalue weighted by molar-refractivity contribution is -0.141. The molecule has 0 radical (unpaired) electrons. The van der Waals surface area contributed by atoms with Crippen molar-refractivity contribution in [3.63, 3.8) is 0 Å². The van der Waals surface area contributed by atoms with Gasteiger partial charge in [0.1, 0.15) is 11.9 Å². The Hall–Kier alpha value is -4.32. The topological polar surface area (TPSA) is 62.3 Å². The highest BCUT2D eigenvalue weighted by molar-refractivity contribution is 5.89. The molecule has 5 nitrogen and oxygen atoms in total. The molecule has 35 heavy (non-hydrogen) atoms. The van der Waals surface area contributed by atoms with E-state index in [0.717, 1.165) is 16.7 Å². The third-order valence-electron chi connectivity index (χ3n) is 5.68. The molecule has 0 fully saturated rings. The lowest BCUT2D eigenvalue weighted by Crippen LogP contribution is -2.43. The number of pyridine rings is 1. The van der Waals surface area contributed by atoms with Crippen molar-refractivity contribution in [3.8, 4) is 0 Å². The Morgan fingerprint density at radius 2 is 1.40 bits per heavy atom. The molecular weight excluding hydrogens is 441 g/mol. The Morgan fingerprint density at radius 1 is 0.771 bits per heavy atom. The summed E-state index contributed by atoms with van der Waals surface area (Å²) in [6.07, 6.45) is 3.48. The number of nitrogens with zero attached hydrogens (tertiary/aromatic N) is 2. The first-order valence-corrected chi connectivity index (χ1v) is 11.4. The smallest absolute Gasteiger partial charge is 0.247 e. The lowest BCUT2D eigenvalue weighted by Gasteiger charge is -2.32. The first-order valence-electron chi connectivity index (χ1n) is 11.4. The molecule has 4 aromatic rings. The highest BCUT2D eigenvalue weighted by Gasteiger charge is 2.31. The number of halogens is 1. The van der Waals surface area contributed by atoms with Crippen LogP contribution >= 0.6 is 0 Å². The van der Waals surface area contributed by atoms with Crippen molar-refractivity contribution in [2.45, 2.75) is 25.6 Å². The number of hydrogen-bond donors (Lipinski definition) is 1. The van der Waals surface area contributed by atoms with Crippen molar-refractivity contribution in [1.82, 2.24) is 15.2 Å². The standard InChI is InChI=1S/C29H26FN3O2/c30-26-13-11-24(12-14-26)21-33(27(34)19-22-7-3-1-4-8-22)28(25-9-5-2-6-10-25)29(35)32-20-23-15-17-31-18-16-23/h1-18,28H,19-21H2,(H,32,35)/t28-/m0/s1. The monoisotopic (exact) mass is 467 g/mol. The van der Waals surface area contributed by atoms with Crippen LogP contribution in [0.4, 0.5) is 4.39 Å². The average Bonchev–Trinajstić information content (AvgIpc) is 2.90. The summed E-state index contributed by atoms with van der Waals surface area (Å²) in [6.45, 7) is 0.468. The molecule has 4 rings (SSSR count). The number of nitrogens with one attached hydrogen (secondary N) is 1. The van der Waals surface area contributed by atoms with Crippen molar-refractivity contribution in [3.05, 3.63) is 138 Å². The first kappa shape index (κ1) is 23.8. The second kappa shape index (κ2) is 11.7. The van der Waals surface area contributed by atoms with Crippen molar-refractivity contribution >= 4 is 11.8 Å². The number of benzene rings is 3. The van der Waals surface area contributed by atoms with Gasteiger partial charge in [-0.25, -0.2) is 4.39 Å². The molecule has 1 atom stereocenters. The van der Waals surface area contributed by atoms with Crippen molar-refractivity contribution in [1.29, 1.82) is 0 Å². The highest BCUT2D eigenvalue weighted by Crippen LogP contribution is 2.25. The van der Waals surface area contributed by atoms with Crippen LogP contribution in [0.3, 0.4) is 0 Å². The van der Waals surface area contributed by atoms with Crippen molar-refractivity contribution in [2.24, 2.45) is 0 Å². The van der Waals surface area contributed by atoms with Crippen LogP contribution in [0, 0.1) is 5.82 Å². The van der Waals surface area contributed by atoms with Gasteiger partial charge in [0.25, 0.3) is 0 Å². The number of rotatable bonds is 9. The number of carbonyl (C=O) groups is 2. The zero-order valence-electron chi connectivity index (χ0n) is 19.2. The molecule has 0 aliphatic heterocycles. The van der Waals surface area contributed by atoms with E-state index in [2.05, 4.69) is 10.3 Å². The summed E-state index contributed by atoms with van der Waals surface area (Å²) in [5.41, 5.74) is 3.19. The number of amides is 2. The predicted octanol–water partition coefficient (Wildman–Crippen LogP) is 4.85. The number of carbonyl (C=O) groups excluding carboxylic acids is 2. The fourth-order valence-electron chi connectivity index (χ4n) is 3.88. The predicted molar refractivity (Wildman–Crippen MR) is 132 cm³/mol. The third-order valence-corrected chi connectivity index (χ3v) is 5.68. The van der Waals surface area contributed by atoms with E-state index in [0.29, 0.717) is 12.1 Å². The van der Waals surface area contributed by atoms with E-state index in [4.69, 9.17) is 0 Å². The van der Waals surface area contributed by atoms with Gasteiger partial charge in [0.15, 0.2) is 0 Å². The Morgan fingerprint density at radius 3 is 2.06 bits per heavy atom. The lowest BCUT2D eigenvalue weighted by atomic mass is 10.0. The maximum atomic E-state index is 13.6. The van der Waals surface area contributed by atoms with E-state index in [1.54, 1.807) is 29.4 Å². The normalized spacial score (nSPS) is 11.5. The molecule has 0 bridgehead atoms. The van der Waals surface area contributed by atoms with Gasteiger partial charge in [-0.1, -0.05) is 72.8 Å². The largest absolute Gasteiger partial charge is 0.350 e. The van der Waals surface area contributed by atoms with Crippen LogP contribution < -0.4 is 5.32 Å². The quantitative estimate of drug-likeness (QED) is 0.383. The van der Waals surface area contributed by atoms with E-state index in [1.807, 2.05) is 72.8 Å². The highest BCUT2D eigenvalue weighted by atomic mass is 19.1. The molecule has 1 aromatic heterocycles. The van der Waals surface area contributed by atoms with Gasteiger partial charge in [-0.3, -0.25) is 14.6 Å². The van der Waals surface area contributed by atoms with Crippen molar-refractivity contribution < 1.29 is 14.0 Å². The summed E-state index contributed by atoms with van der Waals surface area (Å²) >= 11 is 0. The van der Waals surface area contributed by atoms with Gasteiger partial charge in [-0.2, -0.15) is 0 Å². The molecule has 2 amide bonds. The molecule has 176 valence electrons. The summed E-state index contributed by atoms with van der Waals surface area (Å²) in [4.78, 5) is 32.8. The maximum absolute atomic E-state index is 13.6. The fraction of sp³-hybridized carbons (Fsp3) is 0.138. The molecule has 0 saturated carbocycles. The Balaban J connectivity index is 1.66. The average molecular weight is 468 g/mol. The second-order valence-electron chi connectivity index (χ2n) is 8.20. The summed E-state index contributed by atoms with van der Waals surface area (Å²) < 4.78 is 13.5. The molecule has 3 aromatic carbocycles. The van der Waals surface area contributed by atoms with Crippen LogP contribution in [-0.2, 0) is 29.1 Å². The van der Waals surface area contributed by atoms with Crippen LogP contribution in [0.5, 0.6) is 0 Å². The van der Waals surface area contributed by atoms with E-state index in [-0.39, 0.29) is 30.6 Å². The summed E-state index contributed by atoms with van der Waals surface area (Å²) in [5.74, 6) is -0.851. The van der Waals surface area contributed by atoms with Gasteiger partial charge >= 0.3 is 0 Å². The molecule has 6 heteroatoms. The number of aromatic nitrogens is 1. The first-order chi connectivity index (χ1) is 17.1. The Bertz CT molecular complexity index is 1230. The minimum Gasteiger partial charge on any atom is -0.350 e. The van der Waals surface area contributed by atoms with Crippen LogP contribution in [0.2, 0.25) is 0 Å². The molecule has 0 aliphatic carbocycles. The molecule has 0 spiro atoms. The van der Waals surface area contributed by atoms with Crippen LogP contribution in [0.1, 0.15) is 28.3 Å². The van der Waals surface area contributed by atoms with Crippen LogP contribution in [0.15, 0.2) is 109 Å². The van der Waals surface area contributed by atoms with Crippen LogP contribution in [-0.4, -0.2) is 21.7 Å². The zero-order chi connectivity index (χ0) is 24.5. The van der Waals surface area contributed by atoms with Gasteiger partial charge in [0.2, 0.25) is 11.8 Å². The minimum absolute atomic E-state index is 0.142. The molecular formula is C29H26FN3O2. The zero-order valence-corrected chi connectivity index (χ0v) is 19.2. The molecule has 1 heterocycles. The SMILES string of the molecule is O=C(NCc1ccncc1)[C@H](c1ccccc1)N(Cc1ccc(F)cc1)C(=O)Cc1ccccc1. The maximum Gasteiger partial charge on any atom is 0.247 e. The van der Waals surface area contributed by atoms with E-state index >= 15 is 0 Å². The molecule has 0 aliphatic rings. The van der Waals surface area contributed by atoms with Crippen LogP contribution in [0.25, 0.3) is 0 Å². The van der Waals surface area contributed by atoms with Gasteiger partial charge in [-0.15, -0.1) is 0 Å². The van der Waals surface area contributed by atoms with E-state index in [1.165, 1.54) is 12.1 Å². The number of hydrogen-bond acceptors (Lipinski definition) is 3. The van der Waals surface area contributed by atoms with Gasteiger partial charge < -0.3 is 10.2 Å². The molecule has 0 saturated heterocycles. The Kier molecular flexibility index (Phi) is 7.96. The summed E-state index contributed by atoms with van der Waals surface area (Å²) in [5, 5.41) is 2.97. The van der Waals surface area contributed by atoms with Crippen molar-refractivity contribution in [2.75, 3.05) is 0 Å². The molecule has 1 N–H and O–H groups in total. The summed E-state index contributed by atoms with van der Waals surface area (Å²) in [6, 6.07) is 27.4. The second-order valence-corrected chi connectivity index (χ2v) is 8.20. The van der Waals surface area contributed by atoms with E-state index in [9.17, 15) is 14.0 Å². The minimum atomic E-state index is -0.862. The molecule has 0 unspecified atom stereocenters. The Labute approximate surface area is 204 Å². The van der Waals surface area contributed by atoms with E-state index < -0.39 is 6.04 Å².